The van der Waals surface area contributed by atoms with Gasteiger partial charge in [-0.05, 0) is 43.2 Å². The molecule has 5 nitrogen and oxygen atoms in total. The Kier molecular flexibility index (Phi) is 7.23. The summed E-state index contributed by atoms with van der Waals surface area (Å²) in [6.07, 6.45) is 4.17. The molecule has 1 unspecified atom stereocenters. The Bertz CT molecular complexity index is 844. The largest absolute Gasteiger partial charge is 0.457 e. The van der Waals surface area contributed by atoms with Crippen LogP contribution in [0.15, 0.2) is 60.8 Å². The number of nitrogens with one attached hydrogen (secondary N) is 1. The van der Waals surface area contributed by atoms with E-state index in [0.29, 0.717) is 6.54 Å². The van der Waals surface area contributed by atoms with Gasteiger partial charge in [-0.2, -0.15) is 5.10 Å². The monoisotopic (exact) mass is 379 g/mol. The predicted molar refractivity (Wildman–Crippen MR) is 111 cm³/mol. The van der Waals surface area contributed by atoms with Crippen LogP contribution >= 0.6 is 0 Å². The van der Waals surface area contributed by atoms with Gasteiger partial charge in [0, 0.05) is 24.3 Å². The van der Waals surface area contributed by atoms with Gasteiger partial charge in [0.2, 0.25) is 0 Å². The summed E-state index contributed by atoms with van der Waals surface area (Å²) in [6.45, 7) is 5.59. The smallest absolute Gasteiger partial charge is 0.127 e. The van der Waals surface area contributed by atoms with Crippen LogP contribution in [0, 0.1) is 6.92 Å². The van der Waals surface area contributed by atoms with E-state index < -0.39 is 0 Å². The van der Waals surface area contributed by atoms with Gasteiger partial charge >= 0.3 is 0 Å². The van der Waals surface area contributed by atoms with E-state index in [1.165, 1.54) is 11.1 Å². The molecular weight excluding hydrogens is 350 g/mol. The summed E-state index contributed by atoms with van der Waals surface area (Å²) in [4.78, 5) is 0. The topological polar surface area (TPSA) is 59.3 Å². The molecule has 28 heavy (non-hydrogen) atoms. The van der Waals surface area contributed by atoms with Crippen molar-refractivity contribution in [2.75, 3.05) is 6.61 Å². The van der Waals surface area contributed by atoms with Crippen LogP contribution in [0.2, 0.25) is 0 Å². The second kappa shape index (κ2) is 10.1. The summed E-state index contributed by atoms with van der Waals surface area (Å²) in [6, 6.07) is 18.4. The molecule has 1 aromatic heterocycles. The number of hydrogen-bond acceptors (Lipinski definition) is 4. The Hall–Kier alpha value is -2.63. The first kappa shape index (κ1) is 20.1. The fourth-order valence-corrected chi connectivity index (χ4v) is 3.25. The van der Waals surface area contributed by atoms with Crippen molar-refractivity contribution in [3.05, 3.63) is 77.6 Å². The highest BCUT2D eigenvalue weighted by Crippen LogP contribution is 2.25. The normalized spacial score (nSPS) is 12.1. The maximum Gasteiger partial charge on any atom is 0.127 e. The van der Waals surface area contributed by atoms with Gasteiger partial charge in [-0.1, -0.05) is 43.7 Å². The van der Waals surface area contributed by atoms with Gasteiger partial charge in [0.25, 0.3) is 0 Å². The minimum atomic E-state index is 0.101. The van der Waals surface area contributed by atoms with E-state index in [9.17, 15) is 0 Å². The number of aliphatic hydroxyl groups is 1. The average molecular weight is 380 g/mol. The van der Waals surface area contributed by atoms with Gasteiger partial charge < -0.3 is 15.2 Å². The number of hydrogen-bond donors (Lipinski definition) is 2. The third kappa shape index (κ3) is 5.44. The van der Waals surface area contributed by atoms with Gasteiger partial charge in [0.15, 0.2) is 0 Å². The zero-order chi connectivity index (χ0) is 19.8. The number of nitrogens with zero attached hydrogens (tertiary/aromatic N) is 2. The highest BCUT2D eigenvalue weighted by atomic mass is 16.5. The third-order valence-corrected chi connectivity index (χ3v) is 4.75. The van der Waals surface area contributed by atoms with E-state index in [1.54, 1.807) is 4.68 Å². The van der Waals surface area contributed by atoms with Crippen molar-refractivity contribution in [3.8, 4) is 11.5 Å². The lowest BCUT2D eigenvalue weighted by Crippen LogP contribution is -2.21. The van der Waals surface area contributed by atoms with Crippen LogP contribution in [-0.4, -0.2) is 21.5 Å². The molecule has 0 saturated heterocycles. The highest BCUT2D eigenvalue weighted by molar-refractivity contribution is 5.34. The fourth-order valence-electron chi connectivity index (χ4n) is 3.25. The third-order valence-electron chi connectivity index (χ3n) is 4.75. The molecule has 0 amide bonds. The average Bonchev–Trinajstić information content (AvgIpc) is 3.06. The maximum atomic E-state index is 9.09. The Morgan fingerprint density at radius 1 is 1.07 bits per heavy atom. The first-order chi connectivity index (χ1) is 13.7. The first-order valence-electron chi connectivity index (χ1n) is 9.89. The van der Waals surface area contributed by atoms with Crippen LogP contribution in [0.4, 0.5) is 0 Å². The molecule has 0 aliphatic heterocycles. The van der Waals surface area contributed by atoms with Gasteiger partial charge in [0.05, 0.1) is 18.8 Å². The molecule has 0 spiro atoms. The molecule has 0 aliphatic carbocycles. The van der Waals surface area contributed by atoms with Crippen LogP contribution in [0.25, 0.3) is 0 Å². The van der Waals surface area contributed by atoms with Crippen LogP contribution in [0.3, 0.4) is 0 Å². The summed E-state index contributed by atoms with van der Waals surface area (Å²) < 4.78 is 7.69. The Balaban J connectivity index is 1.64. The SMILES string of the molecule is CCCC(NCc1cn(CCO)nc1C)c1ccc(Oc2ccccc2)cc1. The Morgan fingerprint density at radius 3 is 2.46 bits per heavy atom. The fraction of sp³-hybridized carbons (Fsp3) is 0.348. The summed E-state index contributed by atoms with van der Waals surface area (Å²) in [5.74, 6) is 1.68. The molecule has 2 N–H and O–H groups in total. The predicted octanol–water partition coefficient (Wildman–Crippen LogP) is 4.61. The summed E-state index contributed by atoms with van der Waals surface area (Å²) in [5, 5.41) is 17.2. The molecule has 0 bridgehead atoms. The highest BCUT2D eigenvalue weighted by Gasteiger charge is 2.12. The molecule has 0 fully saturated rings. The molecule has 1 atom stereocenters. The summed E-state index contributed by atoms with van der Waals surface area (Å²) in [5.41, 5.74) is 3.42. The van der Waals surface area contributed by atoms with Crippen molar-refractivity contribution in [1.29, 1.82) is 0 Å². The molecule has 2 aromatic carbocycles. The number of aliphatic hydroxyl groups excluding tert-OH is 1. The van der Waals surface area contributed by atoms with E-state index in [2.05, 4.69) is 29.5 Å². The number of aryl methyl sites for hydroxylation is 1. The summed E-state index contributed by atoms with van der Waals surface area (Å²) >= 11 is 0. The van der Waals surface area contributed by atoms with E-state index >= 15 is 0 Å². The molecule has 5 heteroatoms. The van der Waals surface area contributed by atoms with Crippen molar-refractivity contribution in [2.24, 2.45) is 0 Å². The van der Waals surface area contributed by atoms with Crippen LogP contribution < -0.4 is 10.1 Å². The van der Waals surface area contributed by atoms with Gasteiger partial charge in [0.1, 0.15) is 11.5 Å². The zero-order valence-electron chi connectivity index (χ0n) is 16.6. The van der Waals surface area contributed by atoms with Crippen molar-refractivity contribution in [3.63, 3.8) is 0 Å². The quantitative estimate of drug-likeness (QED) is 0.540. The van der Waals surface area contributed by atoms with E-state index in [0.717, 1.165) is 36.6 Å². The molecule has 148 valence electrons. The van der Waals surface area contributed by atoms with Gasteiger partial charge in [-0.3, -0.25) is 4.68 Å². The molecule has 1 heterocycles. The molecule has 3 rings (SSSR count). The lowest BCUT2D eigenvalue weighted by Gasteiger charge is -2.19. The number of benzene rings is 2. The van der Waals surface area contributed by atoms with Crippen molar-refractivity contribution in [2.45, 2.75) is 45.8 Å². The van der Waals surface area contributed by atoms with Crippen molar-refractivity contribution >= 4 is 0 Å². The standard InChI is InChI=1S/C23H29N3O2/c1-3-7-23(24-16-20-17-26(14-15-27)25-18(20)2)19-10-12-22(13-11-19)28-21-8-5-4-6-9-21/h4-6,8-13,17,23-24,27H,3,7,14-16H2,1-2H3. The van der Waals surface area contributed by atoms with Crippen molar-refractivity contribution < 1.29 is 9.84 Å². The molecule has 0 aliphatic rings. The Morgan fingerprint density at radius 2 is 1.79 bits per heavy atom. The number of rotatable bonds is 10. The second-order valence-electron chi connectivity index (χ2n) is 6.93. The number of aromatic nitrogens is 2. The minimum Gasteiger partial charge on any atom is -0.457 e. The maximum absolute atomic E-state index is 9.09. The number of ether oxygens (including phenoxy) is 1. The van der Waals surface area contributed by atoms with Crippen LogP contribution in [0.1, 0.15) is 42.6 Å². The van der Waals surface area contributed by atoms with E-state index in [-0.39, 0.29) is 12.6 Å². The van der Waals surface area contributed by atoms with Crippen LogP contribution in [0.5, 0.6) is 11.5 Å². The van der Waals surface area contributed by atoms with E-state index in [1.807, 2.05) is 55.6 Å². The minimum absolute atomic E-state index is 0.101. The van der Waals surface area contributed by atoms with Crippen molar-refractivity contribution in [1.82, 2.24) is 15.1 Å². The van der Waals surface area contributed by atoms with Gasteiger partial charge in [-0.25, -0.2) is 0 Å². The lowest BCUT2D eigenvalue weighted by molar-refractivity contribution is 0.269. The molecule has 0 radical (unpaired) electrons. The molecular formula is C23H29N3O2. The van der Waals surface area contributed by atoms with Crippen LogP contribution in [-0.2, 0) is 13.1 Å². The first-order valence-corrected chi connectivity index (χ1v) is 9.89. The summed E-state index contributed by atoms with van der Waals surface area (Å²) in [7, 11) is 0. The Labute approximate surface area is 167 Å². The second-order valence-corrected chi connectivity index (χ2v) is 6.93. The zero-order valence-corrected chi connectivity index (χ0v) is 16.6. The molecule has 0 saturated carbocycles. The van der Waals surface area contributed by atoms with E-state index in [4.69, 9.17) is 9.84 Å². The number of para-hydroxylation sites is 1. The lowest BCUT2D eigenvalue weighted by atomic mass is 10.0. The van der Waals surface area contributed by atoms with Gasteiger partial charge in [-0.15, -0.1) is 0 Å². The molecule has 3 aromatic rings.